The summed E-state index contributed by atoms with van der Waals surface area (Å²) in [6, 6.07) is 97.6. The summed E-state index contributed by atoms with van der Waals surface area (Å²) >= 11 is 1.97. The van der Waals surface area contributed by atoms with Crippen molar-refractivity contribution in [2.24, 2.45) is 0 Å². The average molecular weight is 1150 g/mol. The molecule has 0 N–H and O–H groups in total. The number of hydrogen-bond donors (Lipinski definition) is 0. The van der Waals surface area contributed by atoms with Crippen molar-refractivity contribution >= 4 is 110 Å². The zero-order valence-electron chi connectivity index (χ0n) is 51.6. The van der Waals surface area contributed by atoms with Gasteiger partial charge in [0, 0.05) is 43.2 Å². The lowest BCUT2D eigenvalue weighted by Gasteiger charge is -2.44. The number of fused-ring (bicyclic) bond motifs is 6. The summed E-state index contributed by atoms with van der Waals surface area (Å²) in [4.78, 5) is 5.32. The molecule has 2 nitrogen and oxygen atoms in total. The predicted octanol–water partition coefficient (Wildman–Crippen LogP) is 22.1. The van der Waals surface area contributed by atoms with E-state index in [-0.39, 0.29) is 23.0 Å². The van der Waals surface area contributed by atoms with Crippen molar-refractivity contribution in [2.75, 3.05) is 9.80 Å². The Morgan fingerprint density at radius 1 is 0.318 bits per heavy atom. The molecule has 2 aliphatic heterocycles. The average Bonchev–Trinajstić information content (AvgIpc) is 1.26. The second-order valence-electron chi connectivity index (χ2n) is 27.8. The van der Waals surface area contributed by atoms with Gasteiger partial charge in [0.1, 0.15) is 0 Å². The van der Waals surface area contributed by atoms with Crippen LogP contribution in [0.4, 0.5) is 34.1 Å². The van der Waals surface area contributed by atoms with Crippen molar-refractivity contribution in [1.29, 1.82) is 0 Å². The number of anilines is 6. The van der Waals surface area contributed by atoms with E-state index in [1.165, 1.54) is 153 Å². The van der Waals surface area contributed by atoms with E-state index >= 15 is 0 Å². The van der Waals surface area contributed by atoms with E-state index in [1.807, 2.05) is 11.3 Å². The lowest BCUT2D eigenvalue weighted by Crippen LogP contribution is -2.60. The van der Waals surface area contributed by atoms with Gasteiger partial charge in [-0.1, -0.05) is 232 Å². The molecule has 1 aromatic heterocycles. The fraction of sp³-hybridized carbons (Fsp3) is 0.143. The summed E-state index contributed by atoms with van der Waals surface area (Å²) in [5.41, 5.74) is 25.4. The van der Waals surface area contributed by atoms with Crippen molar-refractivity contribution in [3.05, 3.63) is 271 Å². The molecule has 0 unspecified atom stereocenters. The van der Waals surface area contributed by atoms with E-state index in [2.05, 4.69) is 327 Å². The van der Waals surface area contributed by atoms with Crippen LogP contribution in [0.2, 0.25) is 0 Å². The summed E-state index contributed by atoms with van der Waals surface area (Å²) in [5.74, 6) is 0. The molecule has 2 aliphatic rings. The molecule has 424 valence electrons. The molecule has 0 atom stereocenters. The molecule has 0 bridgehead atoms. The van der Waals surface area contributed by atoms with Crippen molar-refractivity contribution in [3.8, 4) is 55.6 Å². The topological polar surface area (TPSA) is 6.48 Å². The second-order valence-corrected chi connectivity index (χ2v) is 28.8. The summed E-state index contributed by atoms with van der Waals surface area (Å²) in [6.07, 6.45) is 0. The molecule has 0 saturated carbocycles. The molecule has 88 heavy (non-hydrogen) atoms. The van der Waals surface area contributed by atoms with Gasteiger partial charge in [-0.3, -0.25) is 0 Å². The van der Waals surface area contributed by atoms with Crippen LogP contribution in [0.3, 0.4) is 0 Å². The van der Waals surface area contributed by atoms with Gasteiger partial charge in [-0.15, -0.1) is 11.3 Å². The van der Waals surface area contributed by atoms with E-state index in [0.29, 0.717) is 0 Å². The van der Waals surface area contributed by atoms with Crippen molar-refractivity contribution in [1.82, 2.24) is 0 Å². The van der Waals surface area contributed by atoms with E-state index in [1.54, 1.807) is 0 Å². The number of hydrogen-bond acceptors (Lipinski definition) is 3. The fourth-order valence-corrected chi connectivity index (χ4v) is 15.6. The van der Waals surface area contributed by atoms with E-state index in [9.17, 15) is 0 Å². The first-order chi connectivity index (χ1) is 42.5. The molecule has 14 aromatic rings. The maximum absolute atomic E-state index is 2.67. The third-order valence-electron chi connectivity index (χ3n) is 19.0. The van der Waals surface area contributed by atoms with Crippen LogP contribution in [0, 0.1) is 0 Å². The highest BCUT2D eigenvalue weighted by atomic mass is 32.1. The monoisotopic (exact) mass is 1150 g/mol. The minimum Gasteiger partial charge on any atom is -0.311 e. The molecule has 3 heterocycles. The second kappa shape index (κ2) is 20.0. The molecule has 0 spiro atoms. The normalized spacial score (nSPS) is 13.2. The van der Waals surface area contributed by atoms with Gasteiger partial charge in [-0.05, 0) is 211 Å². The minimum atomic E-state index is -0.115. The lowest BCUT2D eigenvalue weighted by molar-refractivity contribution is 0.590. The molecule has 16 rings (SSSR count). The first-order valence-electron chi connectivity index (χ1n) is 31.2. The first kappa shape index (κ1) is 54.0. The van der Waals surface area contributed by atoms with Crippen LogP contribution >= 0.6 is 11.3 Å². The number of nitrogens with zero attached hydrogens (tertiary/aromatic N) is 2. The van der Waals surface area contributed by atoms with E-state index in [0.717, 1.165) is 11.4 Å². The fourth-order valence-electron chi connectivity index (χ4n) is 14.3. The van der Waals surface area contributed by atoms with Gasteiger partial charge >= 0.3 is 0 Å². The lowest BCUT2D eigenvalue weighted by atomic mass is 9.36. The van der Waals surface area contributed by atoms with Crippen LogP contribution in [0.1, 0.15) is 79.0 Å². The third kappa shape index (κ3) is 8.89. The summed E-state index contributed by atoms with van der Waals surface area (Å²) in [6.45, 7) is 20.9. The largest absolute Gasteiger partial charge is 0.311 e. The van der Waals surface area contributed by atoms with Crippen molar-refractivity contribution < 1.29 is 0 Å². The smallest absolute Gasteiger partial charge is 0.264 e. The Morgan fingerprint density at radius 3 is 1.36 bits per heavy atom. The van der Waals surface area contributed by atoms with Crippen LogP contribution < -0.4 is 25.5 Å². The third-order valence-corrected chi connectivity index (χ3v) is 20.2. The van der Waals surface area contributed by atoms with Gasteiger partial charge in [-0.2, -0.15) is 0 Å². The van der Waals surface area contributed by atoms with Gasteiger partial charge in [0.2, 0.25) is 0 Å². The molecule has 0 saturated heterocycles. The molecule has 0 aliphatic carbocycles. The zero-order valence-corrected chi connectivity index (χ0v) is 52.4. The Balaban J connectivity index is 1.03. The molecular formula is C84H69BN2S. The van der Waals surface area contributed by atoms with Crippen molar-refractivity contribution in [3.63, 3.8) is 0 Å². The van der Waals surface area contributed by atoms with Gasteiger partial charge < -0.3 is 9.80 Å². The van der Waals surface area contributed by atoms with Gasteiger partial charge in [-0.25, -0.2) is 0 Å². The van der Waals surface area contributed by atoms with Crippen LogP contribution in [0.25, 0.3) is 98.0 Å². The van der Waals surface area contributed by atoms with Gasteiger partial charge in [0.25, 0.3) is 6.71 Å². The molecular weight excluding hydrogens is 1080 g/mol. The molecule has 4 heteroatoms. The standard InChI is InChI=1S/C84H69BN2S/c1-82(2,3)65-33-37-68(38-34-65)86-74-48-63(54-24-17-12-18-25-54)49-75-79(74)85(81-80(86)70-51-67(84(7,8)9)36-41-76(70)88-81)71-47-57(62-45-60(52-20-13-10-14-21-52)44-61(46-62)53-22-15-11-16-23-53)32-39-73(71)87(75)72-40-35-66(83(4,5)6)50-69(72)64-42-58-30-28-55-26-19-27-56-29-31-59(43-64)78(58)77(55)56/h10-51H,1-9H3. The van der Waals surface area contributed by atoms with Gasteiger partial charge in [0.05, 0.1) is 11.4 Å². The van der Waals surface area contributed by atoms with E-state index in [4.69, 9.17) is 0 Å². The van der Waals surface area contributed by atoms with Crippen molar-refractivity contribution in [2.45, 2.75) is 78.6 Å². The minimum absolute atomic E-state index is 0.0137. The Kier molecular flexibility index (Phi) is 12.3. The SMILES string of the molecule is CC(C)(C)c1ccc(N2c3cc(-c4ccccc4)cc4c3B(c3cc(-c5cc(-c6ccccc6)cc(-c6ccccc6)c5)ccc3N4c3ccc(C(C)(C)C)cc3-c3cc4ccc5cccc6ccc(c3)c4c56)c3sc4ccc(C(C)(C)C)cc4c32)cc1. The molecule has 0 amide bonds. The molecule has 0 radical (unpaired) electrons. The zero-order chi connectivity index (χ0) is 60.0. The first-order valence-corrected chi connectivity index (χ1v) is 32.1. The van der Waals surface area contributed by atoms with Crippen LogP contribution in [-0.2, 0) is 16.2 Å². The summed E-state index contributed by atoms with van der Waals surface area (Å²) in [5, 5.41) is 9.02. The highest BCUT2D eigenvalue weighted by molar-refractivity contribution is 7.33. The Labute approximate surface area is 522 Å². The number of benzene rings is 13. The summed E-state index contributed by atoms with van der Waals surface area (Å²) < 4.78 is 2.66. The Morgan fingerprint density at radius 2 is 0.795 bits per heavy atom. The van der Waals surface area contributed by atoms with Gasteiger partial charge in [0.15, 0.2) is 0 Å². The molecule has 13 aromatic carbocycles. The highest BCUT2D eigenvalue weighted by Crippen LogP contribution is 2.53. The quantitative estimate of drug-likeness (QED) is 0.116. The van der Waals surface area contributed by atoms with E-state index < -0.39 is 0 Å². The predicted molar refractivity (Wildman–Crippen MR) is 383 cm³/mol. The summed E-state index contributed by atoms with van der Waals surface area (Å²) in [7, 11) is 0. The Hall–Kier alpha value is -9.48. The molecule has 0 fully saturated rings. The number of rotatable bonds is 7. The maximum Gasteiger partial charge on any atom is 0.264 e. The van der Waals surface area contributed by atoms with Crippen LogP contribution in [-0.4, -0.2) is 6.71 Å². The van der Waals surface area contributed by atoms with Crippen LogP contribution in [0.5, 0.6) is 0 Å². The number of thiophene rings is 1. The Bertz CT molecular complexity index is 4950. The van der Waals surface area contributed by atoms with Crippen LogP contribution in [0.15, 0.2) is 255 Å². The maximum atomic E-state index is 2.67. The highest BCUT2D eigenvalue weighted by Gasteiger charge is 2.46.